The van der Waals surface area contributed by atoms with Crippen molar-refractivity contribution in [3.63, 3.8) is 0 Å². The van der Waals surface area contributed by atoms with Gasteiger partial charge in [-0.15, -0.1) is 0 Å². The zero-order chi connectivity index (χ0) is 20.2. The molecular weight excluding hydrogens is 382 g/mol. The molecule has 4 rings (SSSR count). The van der Waals surface area contributed by atoms with Crippen LogP contribution in [0.3, 0.4) is 0 Å². The second-order valence-electron chi connectivity index (χ2n) is 7.23. The minimum atomic E-state index is -3.30. The minimum absolute atomic E-state index is 0.0858. The molecule has 0 aliphatic carbocycles. The van der Waals surface area contributed by atoms with E-state index in [2.05, 4.69) is 0 Å². The first-order valence-electron chi connectivity index (χ1n) is 8.83. The number of non-ortho nitro benzene ring substituents is 1. The number of carbonyl (C=O) groups is 1. The molecule has 0 bridgehead atoms. The fourth-order valence-electron chi connectivity index (χ4n) is 4.02. The lowest BCUT2D eigenvalue weighted by Crippen LogP contribution is -2.38. The van der Waals surface area contributed by atoms with E-state index in [1.165, 1.54) is 29.2 Å². The second kappa shape index (κ2) is 6.30. The Hall–Kier alpha value is -2.94. The van der Waals surface area contributed by atoms with Crippen molar-refractivity contribution in [3.8, 4) is 0 Å². The number of anilines is 2. The average Bonchev–Trinajstić information content (AvgIpc) is 3.06. The molecule has 0 aromatic heterocycles. The summed E-state index contributed by atoms with van der Waals surface area (Å²) in [5.41, 5.74) is 3.00. The van der Waals surface area contributed by atoms with Gasteiger partial charge < -0.3 is 0 Å². The molecule has 2 saturated heterocycles. The number of carbonyl (C=O) groups excluding carboxylic acids is 1. The van der Waals surface area contributed by atoms with Crippen LogP contribution < -0.4 is 9.80 Å². The molecule has 2 aromatic rings. The summed E-state index contributed by atoms with van der Waals surface area (Å²) in [7, 11) is -3.30. The van der Waals surface area contributed by atoms with E-state index in [-0.39, 0.29) is 23.2 Å². The van der Waals surface area contributed by atoms with E-state index in [0.717, 1.165) is 11.1 Å². The quantitative estimate of drug-likeness (QED) is 0.447. The highest BCUT2D eigenvalue weighted by Crippen LogP contribution is 2.39. The summed E-state index contributed by atoms with van der Waals surface area (Å²) in [6.45, 7) is 3.85. The molecule has 2 heterocycles. The molecular formula is C19H19N3O5S. The molecule has 2 fully saturated rings. The first-order chi connectivity index (χ1) is 13.2. The van der Waals surface area contributed by atoms with Crippen LogP contribution in [0, 0.1) is 24.0 Å². The number of hydrogen-bond acceptors (Lipinski definition) is 5. The zero-order valence-corrected chi connectivity index (χ0v) is 16.2. The Bertz CT molecular complexity index is 1080. The van der Waals surface area contributed by atoms with Gasteiger partial charge in [0.05, 0.1) is 28.5 Å². The molecule has 28 heavy (non-hydrogen) atoms. The summed E-state index contributed by atoms with van der Waals surface area (Å²) in [6, 6.07) is 9.90. The van der Waals surface area contributed by atoms with Crippen LogP contribution in [0.1, 0.15) is 11.1 Å². The molecule has 2 atom stereocenters. The SMILES string of the molecule is Cc1cccc(N2C(=O)N(c3ccc([N+](=O)[O-])cc3)[C@H]3CS(=O)(=O)C[C@@H]32)c1C. The predicted molar refractivity (Wildman–Crippen MR) is 106 cm³/mol. The molecule has 2 aromatic carbocycles. The molecule has 2 amide bonds. The van der Waals surface area contributed by atoms with Gasteiger partial charge in [-0.1, -0.05) is 12.1 Å². The lowest BCUT2D eigenvalue weighted by molar-refractivity contribution is -0.384. The number of urea groups is 1. The summed E-state index contributed by atoms with van der Waals surface area (Å²) in [5, 5.41) is 10.9. The predicted octanol–water partition coefficient (Wildman–Crippen LogP) is 2.82. The Morgan fingerprint density at radius 3 is 2.21 bits per heavy atom. The van der Waals surface area contributed by atoms with Gasteiger partial charge in [-0.3, -0.25) is 19.9 Å². The van der Waals surface area contributed by atoms with Gasteiger partial charge in [0.2, 0.25) is 0 Å². The van der Waals surface area contributed by atoms with Gasteiger partial charge >= 0.3 is 6.03 Å². The smallest absolute Gasteiger partial charge is 0.288 e. The largest absolute Gasteiger partial charge is 0.329 e. The van der Waals surface area contributed by atoms with E-state index in [9.17, 15) is 23.3 Å². The van der Waals surface area contributed by atoms with Crippen molar-refractivity contribution in [3.05, 3.63) is 63.7 Å². The molecule has 0 unspecified atom stereocenters. The number of fused-ring (bicyclic) bond motifs is 1. The van der Waals surface area contributed by atoms with Crippen LogP contribution in [0.25, 0.3) is 0 Å². The third-order valence-electron chi connectivity index (χ3n) is 5.54. The van der Waals surface area contributed by atoms with Crippen LogP contribution in [-0.4, -0.2) is 43.0 Å². The first-order valence-corrected chi connectivity index (χ1v) is 10.7. The number of rotatable bonds is 3. The van der Waals surface area contributed by atoms with E-state index >= 15 is 0 Å². The third kappa shape index (κ3) is 2.82. The summed E-state index contributed by atoms with van der Waals surface area (Å²) in [5.74, 6) is -0.220. The van der Waals surface area contributed by atoms with Crippen molar-refractivity contribution < 1.29 is 18.1 Å². The van der Waals surface area contributed by atoms with Crippen molar-refractivity contribution in [1.29, 1.82) is 0 Å². The van der Waals surface area contributed by atoms with Crippen molar-refractivity contribution in [1.82, 2.24) is 0 Å². The van der Waals surface area contributed by atoms with E-state index in [1.54, 1.807) is 4.90 Å². The van der Waals surface area contributed by atoms with Gasteiger partial charge in [-0.25, -0.2) is 13.2 Å². The summed E-state index contributed by atoms with van der Waals surface area (Å²) >= 11 is 0. The van der Waals surface area contributed by atoms with E-state index in [4.69, 9.17) is 0 Å². The average molecular weight is 401 g/mol. The van der Waals surface area contributed by atoms with E-state index < -0.39 is 26.8 Å². The molecule has 0 saturated carbocycles. The number of benzene rings is 2. The van der Waals surface area contributed by atoms with E-state index in [0.29, 0.717) is 11.4 Å². The van der Waals surface area contributed by atoms with Crippen LogP contribution in [0.4, 0.5) is 21.9 Å². The van der Waals surface area contributed by atoms with Gasteiger partial charge in [0.1, 0.15) is 0 Å². The lowest BCUT2D eigenvalue weighted by Gasteiger charge is -2.24. The highest BCUT2D eigenvalue weighted by atomic mass is 32.2. The van der Waals surface area contributed by atoms with Gasteiger partial charge in [0.25, 0.3) is 5.69 Å². The van der Waals surface area contributed by atoms with Crippen molar-refractivity contribution >= 4 is 32.9 Å². The fraction of sp³-hybridized carbons (Fsp3) is 0.316. The molecule has 8 nitrogen and oxygen atoms in total. The van der Waals surface area contributed by atoms with Crippen LogP contribution in [0.5, 0.6) is 0 Å². The molecule has 146 valence electrons. The number of nitrogens with zero attached hydrogens (tertiary/aromatic N) is 3. The van der Waals surface area contributed by atoms with Crippen LogP contribution in [0.2, 0.25) is 0 Å². The summed E-state index contributed by atoms with van der Waals surface area (Å²) in [4.78, 5) is 26.8. The Morgan fingerprint density at radius 2 is 1.61 bits per heavy atom. The maximum atomic E-state index is 13.3. The number of nitro groups is 1. The normalized spacial score (nSPS) is 23.1. The Kier molecular flexibility index (Phi) is 4.15. The number of aryl methyl sites for hydroxylation is 1. The van der Waals surface area contributed by atoms with Gasteiger partial charge in [-0.05, 0) is 43.2 Å². The fourth-order valence-corrected chi connectivity index (χ4v) is 5.94. The molecule has 2 aliphatic heterocycles. The van der Waals surface area contributed by atoms with Gasteiger partial charge in [0, 0.05) is 23.5 Å². The summed E-state index contributed by atoms with van der Waals surface area (Å²) in [6.07, 6.45) is 0. The Labute approximate surface area is 162 Å². The molecule has 0 N–H and O–H groups in total. The topological polar surface area (TPSA) is 101 Å². The monoisotopic (exact) mass is 401 g/mol. The molecule has 9 heteroatoms. The molecule has 0 spiro atoms. The number of amides is 2. The van der Waals surface area contributed by atoms with Crippen LogP contribution >= 0.6 is 0 Å². The third-order valence-corrected chi connectivity index (χ3v) is 7.24. The van der Waals surface area contributed by atoms with Gasteiger partial charge in [-0.2, -0.15) is 0 Å². The van der Waals surface area contributed by atoms with Crippen molar-refractivity contribution in [2.75, 3.05) is 21.3 Å². The minimum Gasteiger partial charge on any atom is -0.288 e. The second-order valence-corrected chi connectivity index (χ2v) is 9.38. The van der Waals surface area contributed by atoms with Crippen LogP contribution in [-0.2, 0) is 9.84 Å². The Balaban J connectivity index is 1.81. The van der Waals surface area contributed by atoms with Crippen molar-refractivity contribution in [2.45, 2.75) is 25.9 Å². The number of hydrogen-bond donors (Lipinski definition) is 0. The van der Waals surface area contributed by atoms with Gasteiger partial charge in [0.15, 0.2) is 9.84 Å². The highest BCUT2D eigenvalue weighted by Gasteiger charge is 2.54. The van der Waals surface area contributed by atoms with Crippen molar-refractivity contribution in [2.24, 2.45) is 0 Å². The standard InChI is InChI=1S/C19H19N3O5S/c1-12-4-3-5-16(13(12)2)21-18-11-28(26,27)10-17(18)20(19(21)23)14-6-8-15(9-7-14)22(24)25/h3-9,17-18H,10-11H2,1-2H3/t17-,18-/m0/s1. The Morgan fingerprint density at radius 1 is 1.00 bits per heavy atom. The summed E-state index contributed by atoms with van der Waals surface area (Å²) < 4.78 is 24.7. The number of nitro benzene ring substituents is 1. The number of sulfone groups is 1. The van der Waals surface area contributed by atoms with E-state index in [1.807, 2.05) is 32.0 Å². The molecule has 0 radical (unpaired) electrons. The first kappa shape index (κ1) is 18.4. The molecule has 2 aliphatic rings. The lowest BCUT2D eigenvalue weighted by atomic mass is 10.1. The van der Waals surface area contributed by atoms with Crippen LogP contribution in [0.15, 0.2) is 42.5 Å². The maximum absolute atomic E-state index is 13.3. The maximum Gasteiger partial charge on any atom is 0.329 e. The zero-order valence-electron chi connectivity index (χ0n) is 15.4. The highest BCUT2D eigenvalue weighted by molar-refractivity contribution is 7.91.